The molecule has 0 aromatic heterocycles. The van der Waals surface area contributed by atoms with Crippen molar-refractivity contribution in [1.82, 2.24) is 0 Å². The van der Waals surface area contributed by atoms with Gasteiger partial charge in [0.2, 0.25) is 0 Å². The number of carbonyl (C=O) groups is 1. The number of allylic oxidation sites excluding steroid dienone is 3. The number of esters is 1. The van der Waals surface area contributed by atoms with Crippen LogP contribution in [0, 0.1) is 11.8 Å². The van der Waals surface area contributed by atoms with Gasteiger partial charge >= 0.3 is 5.97 Å². The van der Waals surface area contributed by atoms with E-state index in [1.54, 1.807) is 5.57 Å². The van der Waals surface area contributed by atoms with Crippen LogP contribution in [0.2, 0.25) is 0 Å². The van der Waals surface area contributed by atoms with Gasteiger partial charge in [0.05, 0.1) is 0 Å². The molecule has 0 aliphatic heterocycles. The average Bonchev–Trinajstić information content (AvgIpc) is 2.59. The summed E-state index contributed by atoms with van der Waals surface area (Å²) in [7, 11) is 0. The first-order valence-corrected chi connectivity index (χ1v) is 7.52. The number of ether oxygens (including phenoxy) is 1. The van der Waals surface area contributed by atoms with Crippen molar-refractivity contribution in [3.63, 3.8) is 0 Å². The first-order chi connectivity index (χ1) is 8.91. The van der Waals surface area contributed by atoms with Crippen molar-refractivity contribution in [3.05, 3.63) is 23.3 Å². The fourth-order valence-electron chi connectivity index (χ4n) is 3.40. The van der Waals surface area contributed by atoms with Gasteiger partial charge in [-0.2, -0.15) is 0 Å². The second-order valence-corrected chi connectivity index (χ2v) is 6.54. The number of hydrogen-bond donors (Lipinski definition) is 0. The van der Waals surface area contributed by atoms with E-state index in [1.165, 1.54) is 44.6 Å². The minimum atomic E-state index is -0.466. The molecule has 19 heavy (non-hydrogen) atoms. The molecule has 0 heterocycles. The molecule has 0 amide bonds. The summed E-state index contributed by atoms with van der Waals surface area (Å²) in [5.41, 5.74) is 2.64. The number of hydrogen-bond acceptors (Lipinski definition) is 2. The van der Waals surface area contributed by atoms with E-state index in [0.717, 1.165) is 5.92 Å². The summed E-state index contributed by atoms with van der Waals surface area (Å²) in [5, 5.41) is 0. The summed E-state index contributed by atoms with van der Waals surface area (Å²) in [6, 6.07) is 0. The van der Waals surface area contributed by atoms with Crippen molar-refractivity contribution in [1.29, 1.82) is 0 Å². The zero-order valence-corrected chi connectivity index (χ0v) is 12.7. The van der Waals surface area contributed by atoms with E-state index in [0.29, 0.717) is 5.92 Å². The Balaban J connectivity index is 1.98. The molecule has 106 valence electrons. The topological polar surface area (TPSA) is 26.3 Å². The third-order valence-corrected chi connectivity index (χ3v) is 4.16. The van der Waals surface area contributed by atoms with Crippen LogP contribution in [-0.4, -0.2) is 11.6 Å². The summed E-state index contributed by atoms with van der Waals surface area (Å²) in [6.07, 6.45) is 11.0. The van der Waals surface area contributed by atoms with Crippen molar-refractivity contribution < 1.29 is 9.53 Å². The van der Waals surface area contributed by atoms with E-state index in [-0.39, 0.29) is 5.97 Å². The minimum absolute atomic E-state index is 0.205. The highest BCUT2D eigenvalue weighted by Gasteiger charge is 2.40. The van der Waals surface area contributed by atoms with E-state index in [9.17, 15) is 4.79 Å². The molecule has 0 aromatic carbocycles. The van der Waals surface area contributed by atoms with Crippen LogP contribution in [0.1, 0.15) is 59.8 Å². The van der Waals surface area contributed by atoms with Gasteiger partial charge in [0, 0.05) is 12.8 Å². The van der Waals surface area contributed by atoms with Gasteiger partial charge in [-0.3, -0.25) is 4.79 Å². The van der Waals surface area contributed by atoms with Gasteiger partial charge < -0.3 is 4.74 Å². The van der Waals surface area contributed by atoms with E-state index in [2.05, 4.69) is 19.1 Å². The molecule has 2 nitrogen and oxygen atoms in total. The molecule has 0 aromatic rings. The summed E-state index contributed by atoms with van der Waals surface area (Å²) >= 11 is 0. The molecule has 2 aliphatic rings. The SMILES string of the molecule is CCCCC1=C[C@@H]2C(=CC(C)(C)OC(C)=O)C[C@@H]2C1. The summed E-state index contributed by atoms with van der Waals surface area (Å²) in [5.74, 6) is 1.25. The van der Waals surface area contributed by atoms with Crippen LogP contribution in [-0.2, 0) is 9.53 Å². The van der Waals surface area contributed by atoms with E-state index < -0.39 is 5.60 Å². The zero-order valence-electron chi connectivity index (χ0n) is 12.7. The molecule has 0 bridgehead atoms. The first kappa shape index (κ1) is 14.4. The predicted molar refractivity (Wildman–Crippen MR) is 77.8 cm³/mol. The molecular weight excluding hydrogens is 236 g/mol. The lowest BCUT2D eigenvalue weighted by molar-refractivity contribution is -0.149. The van der Waals surface area contributed by atoms with Gasteiger partial charge in [-0.05, 0) is 51.5 Å². The van der Waals surface area contributed by atoms with Crippen molar-refractivity contribution in [2.75, 3.05) is 0 Å². The Morgan fingerprint density at radius 2 is 2.21 bits per heavy atom. The van der Waals surface area contributed by atoms with Crippen molar-refractivity contribution in [3.8, 4) is 0 Å². The predicted octanol–water partition coefficient (Wildman–Crippen LogP) is 4.41. The molecule has 0 unspecified atom stereocenters. The second kappa shape index (κ2) is 5.52. The van der Waals surface area contributed by atoms with Gasteiger partial charge in [-0.1, -0.05) is 30.6 Å². The molecule has 2 heteroatoms. The highest BCUT2D eigenvalue weighted by atomic mass is 16.6. The molecular formula is C17H26O2. The second-order valence-electron chi connectivity index (χ2n) is 6.54. The Bertz CT molecular complexity index is 415. The maximum atomic E-state index is 11.1. The van der Waals surface area contributed by atoms with Crippen molar-refractivity contribution in [2.45, 2.75) is 65.4 Å². The van der Waals surface area contributed by atoms with Crippen molar-refractivity contribution in [2.24, 2.45) is 11.8 Å². The molecule has 0 spiro atoms. The summed E-state index contributed by atoms with van der Waals surface area (Å²) in [6.45, 7) is 7.65. The van der Waals surface area contributed by atoms with Crippen LogP contribution in [0.5, 0.6) is 0 Å². The third kappa shape index (κ3) is 3.49. The van der Waals surface area contributed by atoms with Gasteiger partial charge in [0.25, 0.3) is 0 Å². The van der Waals surface area contributed by atoms with E-state index in [4.69, 9.17) is 4.74 Å². The van der Waals surface area contributed by atoms with Gasteiger partial charge in [0.1, 0.15) is 5.60 Å². The standard InChI is InChI=1S/C17H26O2/c1-5-6-7-13-8-14-10-15(16(14)9-13)11-17(3,4)19-12(2)18/h9,11,14,16H,5-8,10H2,1-4H3/t14-,16-/m0/s1. The van der Waals surface area contributed by atoms with Crippen LogP contribution < -0.4 is 0 Å². The van der Waals surface area contributed by atoms with Crippen LogP contribution in [0.3, 0.4) is 0 Å². The summed E-state index contributed by atoms with van der Waals surface area (Å²) in [4.78, 5) is 11.1. The Morgan fingerprint density at radius 1 is 1.47 bits per heavy atom. The molecule has 2 atom stereocenters. The van der Waals surface area contributed by atoms with Crippen LogP contribution in [0.25, 0.3) is 0 Å². The van der Waals surface area contributed by atoms with Gasteiger partial charge in [-0.15, -0.1) is 0 Å². The van der Waals surface area contributed by atoms with Crippen LogP contribution >= 0.6 is 0 Å². The monoisotopic (exact) mass is 262 g/mol. The zero-order chi connectivity index (χ0) is 14.0. The molecule has 0 radical (unpaired) electrons. The van der Waals surface area contributed by atoms with Gasteiger partial charge in [0.15, 0.2) is 0 Å². The van der Waals surface area contributed by atoms with Crippen LogP contribution in [0.15, 0.2) is 23.3 Å². The van der Waals surface area contributed by atoms with Crippen LogP contribution in [0.4, 0.5) is 0 Å². The number of rotatable bonds is 5. The van der Waals surface area contributed by atoms with Crippen molar-refractivity contribution >= 4 is 5.97 Å². The number of fused-ring (bicyclic) bond motifs is 1. The maximum Gasteiger partial charge on any atom is 0.303 e. The Hall–Kier alpha value is -1.05. The van der Waals surface area contributed by atoms with E-state index in [1.807, 2.05) is 13.8 Å². The lowest BCUT2D eigenvalue weighted by Gasteiger charge is -2.36. The first-order valence-electron chi connectivity index (χ1n) is 7.52. The molecule has 2 aliphatic carbocycles. The number of carbonyl (C=O) groups excluding carboxylic acids is 1. The molecule has 2 rings (SSSR count). The smallest absolute Gasteiger partial charge is 0.303 e. The Morgan fingerprint density at radius 3 is 2.84 bits per heavy atom. The normalized spacial score (nSPS) is 27.8. The Kier molecular flexibility index (Phi) is 4.17. The van der Waals surface area contributed by atoms with E-state index >= 15 is 0 Å². The average molecular weight is 262 g/mol. The quantitative estimate of drug-likeness (QED) is 0.542. The Labute approximate surface area is 116 Å². The molecule has 1 fully saturated rings. The maximum absolute atomic E-state index is 11.1. The molecule has 0 N–H and O–H groups in total. The fraction of sp³-hybridized carbons (Fsp3) is 0.706. The number of unbranched alkanes of at least 4 members (excludes halogenated alkanes) is 1. The third-order valence-electron chi connectivity index (χ3n) is 4.16. The van der Waals surface area contributed by atoms with Gasteiger partial charge in [-0.25, -0.2) is 0 Å². The highest BCUT2D eigenvalue weighted by molar-refractivity contribution is 5.66. The lowest BCUT2D eigenvalue weighted by atomic mass is 9.70. The largest absolute Gasteiger partial charge is 0.456 e. The fourth-order valence-corrected chi connectivity index (χ4v) is 3.40. The molecule has 1 saturated carbocycles. The molecule has 0 saturated heterocycles. The highest BCUT2D eigenvalue weighted by Crippen LogP contribution is 2.51. The summed E-state index contributed by atoms with van der Waals surface area (Å²) < 4.78 is 5.35. The minimum Gasteiger partial charge on any atom is -0.456 e. The lowest BCUT2D eigenvalue weighted by Crippen LogP contribution is -2.30.